The fourth-order valence-corrected chi connectivity index (χ4v) is 9.52. The Morgan fingerprint density at radius 3 is 2.41 bits per heavy atom. The summed E-state index contributed by atoms with van der Waals surface area (Å²) in [6.45, 7) is 14.5. The van der Waals surface area contributed by atoms with Crippen molar-refractivity contribution in [1.29, 1.82) is 0 Å². The quantitative estimate of drug-likeness (QED) is 0.295. The van der Waals surface area contributed by atoms with Crippen LogP contribution in [0.5, 0.6) is 0 Å². The third-order valence-electron chi connectivity index (χ3n) is 11.3. The molecule has 3 saturated carbocycles. The van der Waals surface area contributed by atoms with E-state index in [1.54, 1.807) is 0 Å². The fraction of sp³-hybridized carbons (Fsp3) is 1.00. The molecule has 0 radical (unpaired) electrons. The molecule has 1 unspecified atom stereocenters. The van der Waals surface area contributed by atoms with E-state index in [4.69, 9.17) is 9.78 Å². The summed E-state index contributed by atoms with van der Waals surface area (Å²) < 4.78 is 0. The van der Waals surface area contributed by atoms with Crippen molar-refractivity contribution in [3.63, 3.8) is 0 Å². The molecule has 1 N–H and O–H groups in total. The highest BCUT2D eigenvalue weighted by Crippen LogP contribution is 2.69. The van der Waals surface area contributed by atoms with Crippen molar-refractivity contribution in [2.24, 2.45) is 46.3 Å². The van der Waals surface area contributed by atoms with E-state index in [0.717, 1.165) is 55.1 Å². The van der Waals surface area contributed by atoms with Crippen molar-refractivity contribution >= 4 is 0 Å². The van der Waals surface area contributed by atoms with Crippen LogP contribution in [0.2, 0.25) is 0 Å². The van der Waals surface area contributed by atoms with Crippen LogP contribution >= 0.6 is 0 Å². The summed E-state index contributed by atoms with van der Waals surface area (Å²) in [7, 11) is 2.09. The van der Waals surface area contributed by atoms with E-state index in [9.17, 15) is 0 Å². The lowest BCUT2D eigenvalue weighted by atomic mass is 9.44. The molecule has 1 heterocycles. The van der Waals surface area contributed by atoms with E-state index >= 15 is 0 Å². The van der Waals surface area contributed by atoms with Gasteiger partial charge in [-0.1, -0.05) is 53.9 Å². The molecule has 8 atom stereocenters. The number of rotatable bonds is 9. The van der Waals surface area contributed by atoms with Gasteiger partial charge < -0.3 is 5.32 Å². The predicted octanol–water partition coefficient (Wildman–Crippen LogP) is 7.40. The van der Waals surface area contributed by atoms with Gasteiger partial charge in [0.05, 0.1) is 6.61 Å². The molecule has 3 nitrogen and oxygen atoms in total. The van der Waals surface area contributed by atoms with Crippen LogP contribution in [-0.4, -0.2) is 25.8 Å². The minimum Gasteiger partial charge on any atom is -0.320 e. The number of hydrogen-bond donors (Lipinski definition) is 1. The molecule has 186 valence electrons. The molecule has 1 saturated heterocycles. The summed E-state index contributed by atoms with van der Waals surface area (Å²) >= 11 is 0. The first-order valence-corrected chi connectivity index (χ1v) is 14.2. The Morgan fingerprint density at radius 2 is 1.72 bits per heavy atom. The van der Waals surface area contributed by atoms with Crippen molar-refractivity contribution in [2.75, 3.05) is 20.2 Å². The van der Waals surface area contributed by atoms with Crippen LogP contribution in [0.4, 0.5) is 0 Å². The van der Waals surface area contributed by atoms with Crippen molar-refractivity contribution in [3.05, 3.63) is 0 Å². The summed E-state index contributed by atoms with van der Waals surface area (Å²) in [4.78, 5) is 11.8. The Labute approximate surface area is 199 Å². The lowest BCUT2D eigenvalue weighted by molar-refractivity contribution is -0.354. The maximum Gasteiger partial charge on any atom is 0.111 e. The SMILES string of the molecule is CNCCC[C@]1(C)[C@H]2CC[C@]3(C)[C@@H]([C@H](C)CCCC(C)C)CC[C@H]3[C@@H]2CCC12CCOO2. The normalized spacial score (nSPS) is 44.7. The van der Waals surface area contributed by atoms with Crippen LogP contribution in [0, 0.1) is 46.3 Å². The zero-order valence-corrected chi connectivity index (χ0v) is 22.2. The average molecular weight is 448 g/mol. The second kappa shape index (κ2) is 9.86. The molecular weight excluding hydrogens is 394 g/mol. The molecule has 3 aliphatic carbocycles. The monoisotopic (exact) mass is 447 g/mol. The highest BCUT2D eigenvalue weighted by Gasteiger charge is 2.65. The summed E-state index contributed by atoms with van der Waals surface area (Å²) in [5, 5.41) is 3.39. The van der Waals surface area contributed by atoms with Crippen LogP contribution < -0.4 is 5.32 Å². The van der Waals surface area contributed by atoms with Gasteiger partial charge in [0.2, 0.25) is 0 Å². The molecule has 0 aromatic rings. The highest BCUT2D eigenvalue weighted by atomic mass is 17.2. The van der Waals surface area contributed by atoms with E-state index in [-0.39, 0.29) is 11.0 Å². The molecule has 3 heteroatoms. The lowest BCUT2D eigenvalue weighted by Gasteiger charge is -2.62. The zero-order valence-electron chi connectivity index (χ0n) is 22.2. The highest BCUT2D eigenvalue weighted by molar-refractivity contribution is 5.13. The van der Waals surface area contributed by atoms with Gasteiger partial charge >= 0.3 is 0 Å². The fourth-order valence-electron chi connectivity index (χ4n) is 9.52. The molecule has 4 fully saturated rings. The predicted molar refractivity (Wildman–Crippen MR) is 133 cm³/mol. The van der Waals surface area contributed by atoms with E-state index in [1.807, 2.05) is 0 Å². The Balaban J connectivity index is 1.51. The maximum absolute atomic E-state index is 6.22. The minimum absolute atomic E-state index is 0.0300. The van der Waals surface area contributed by atoms with Gasteiger partial charge in [-0.3, -0.25) is 0 Å². The van der Waals surface area contributed by atoms with Crippen LogP contribution in [0.1, 0.15) is 112 Å². The average Bonchev–Trinajstić information content (AvgIpc) is 3.36. The van der Waals surface area contributed by atoms with Gasteiger partial charge in [-0.15, -0.1) is 0 Å². The van der Waals surface area contributed by atoms with Crippen molar-refractivity contribution in [3.8, 4) is 0 Å². The van der Waals surface area contributed by atoms with Gasteiger partial charge in [0.1, 0.15) is 5.60 Å². The largest absolute Gasteiger partial charge is 0.320 e. The molecule has 0 aromatic carbocycles. The third-order valence-corrected chi connectivity index (χ3v) is 11.3. The first-order chi connectivity index (χ1) is 15.3. The van der Waals surface area contributed by atoms with E-state index in [1.165, 1.54) is 70.6 Å². The molecule has 0 bridgehead atoms. The summed E-state index contributed by atoms with van der Waals surface area (Å²) in [5.74, 6) is 5.32. The molecule has 0 amide bonds. The van der Waals surface area contributed by atoms with Gasteiger partial charge in [0.25, 0.3) is 0 Å². The third kappa shape index (κ3) is 4.22. The summed E-state index contributed by atoms with van der Waals surface area (Å²) in [6, 6.07) is 0. The molecule has 1 spiro atoms. The molecule has 4 aliphatic rings. The van der Waals surface area contributed by atoms with Crippen LogP contribution in [0.3, 0.4) is 0 Å². The van der Waals surface area contributed by atoms with Crippen LogP contribution in [0.25, 0.3) is 0 Å². The molecule has 0 aromatic heterocycles. The second-order valence-electron chi connectivity index (χ2n) is 13.2. The Kier molecular flexibility index (Phi) is 7.70. The Morgan fingerprint density at radius 1 is 0.906 bits per heavy atom. The number of hydrogen-bond acceptors (Lipinski definition) is 3. The first kappa shape index (κ1) is 25.0. The smallest absolute Gasteiger partial charge is 0.111 e. The molecule has 32 heavy (non-hydrogen) atoms. The summed E-state index contributed by atoms with van der Waals surface area (Å²) in [5.41, 5.74) is 0.797. The van der Waals surface area contributed by atoms with Gasteiger partial charge in [-0.05, 0) is 106 Å². The van der Waals surface area contributed by atoms with Crippen LogP contribution in [0.15, 0.2) is 0 Å². The standard InChI is InChI=1S/C29H53NO2/c1-21(2)9-7-10-22(3)24-11-12-25-23-13-17-29(18-20-31-32-29)28(5,15-8-19-30-6)26(23)14-16-27(24,25)4/h21-26,30H,7-20H2,1-6H3/t22-,23+,24-,25+,26+,27-,28-,29?/m1/s1. The Hall–Kier alpha value is -0.120. The van der Waals surface area contributed by atoms with Crippen molar-refractivity contribution in [1.82, 2.24) is 5.32 Å². The van der Waals surface area contributed by atoms with Gasteiger partial charge in [0.15, 0.2) is 0 Å². The molecule has 4 rings (SSSR count). The van der Waals surface area contributed by atoms with E-state index < -0.39 is 0 Å². The second-order valence-corrected chi connectivity index (χ2v) is 13.2. The van der Waals surface area contributed by atoms with E-state index in [2.05, 4.69) is 47.0 Å². The Bertz CT molecular complexity index is 614. The van der Waals surface area contributed by atoms with Crippen molar-refractivity contribution < 1.29 is 9.78 Å². The van der Waals surface area contributed by atoms with Gasteiger partial charge in [-0.2, -0.15) is 0 Å². The van der Waals surface area contributed by atoms with E-state index in [0.29, 0.717) is 5.41 Å². The van der Waals surface area contributed by atoms with Crippen molar-refractivity contribution in [2.45, 2.75) is 117 Å². The number of nitrogens with one attached hydrogen (secondary N) is 1. The van der Waals surface area contributed by atoms with Gasteiger partial charge in [0, 0.05) is 11.8 Å². The topological polar surface area (TPSA) is 30.5 Å². The van der Waals surface area contributed by atoms with Gasteiger partial charge in [-0.25, -0.2) is 9.78 Å². The molecular formula is C29H53NO2. The van der Waals surface area contributed by atoms with Crippen LogP contribution in [-0.2, 0) is 9.78 Å². The first-order valence-electron chi connectivity index (χ1n) is 14.2. The maximum atomic E-state index is 6.22. The number of fused-ring (bicyclic) bond motifs is 3. The minimum atomic E-state index is -0.0300. The lowest BCUT2D eigenvalue weighted by Crippen LogP contribution is -2.60. The zero-order chi connectivity index (χ0) is 23.0. The summed E-state index contributed by atoms with van der Waals surface area (Å²) in [6.07, 6.45) is 16.3. The molecule has 1 aliphatic heterocycles.